The molecule has 0 aromatic carbocycles. The highest BCUT2D eigenvalue weighted by Crippen LogP contribution is 2.15. The number of aryl methyl sites for hydroxylation is 1. The second kappa shape index (κ2) is 4.63. The van der Waals surface area contributed by atoms with Crippen molar-refractivity contribution in [1.29, 1.82) is 0 Å². The predicted octanol–water partition coefficient (Wildman–Crippen LogP) is 0.825. The van der Waals surface area contributed by atoms with Gasteiger partial charge < -0.3 is 14.5 Å². The van der Waals surface area contributed by atoms with E-state index in [0.29, 0.717) is 11.3 Å². The molecule has 1 rings (SSSR count). The molecule has 0 saturated heterocycles. The number of rotatable bonds is 3. The van der Waals surface area contributed by atoms with Crippen LogP contribution in [0.25, 0.3) is 0 Å². The Morgan fingerprint density at radius 3 is 2.53 bits per heavy atom. The number of aromatic amines is 1. The van der Waals surface area contributed by atoms with Crippen molar-refractivity contribution in [2.75, 3.05) is 14.2 Å². The molecule has 1 aromatic heterocycles. The first-order valence-corrected chi connectivity index (χ1v) is 4.42. The molecule has 82 valence electrons. The van der Waals surface area contributed by atoms with E-state index < -0.39 is 11.9 Å². The van der Waals surface area contributed by atoms with Gasteiger partial charge in [-0.15, -0.1) is 0 Å². The monoisotopic (exact) mass is 211 g/mol. The third-order valence-corrected chi connectivity index (χ3v) is 2.10. The van der Waals surface area contributed by atoms with Crippen molar-refractivity contribution in [3.8, 4) is 0 Å². The standard InChI is InChI=1S/C10H13NO4/c1-6-5-11-7(4-8(12)14-2)9(6)10(13)15-3/h5,11H,4H2,1-3H3. The van der Waals surface area contributed by atoms with Crippen LogP contribution >= 0.6 is 0 Å². The third-order valence-electron chi connectivity index (χ3n) is 2.10. The Kier molecular flexibility index (Phi) is 3.49. The van der Waals surface area contributed by atoms with Gasteiger partial charge in [-0.1, -0.05) is 0 Å². The Balaban J connectivity index is 2.98. The van der Waals surface area contributed by atoms with Crippen LogP contribution in [-0.4, -0.2) is 31.1 Å². The molecule has 0 spiro atoms. The first-order chi connectivity index (χ1) is 7.10. The van der Waals surface area contributed by atoms with E-state index in [1.807, 2.05) is 0 Å². The van der Waals surface area contributed by atoms with Gasteiger partial charge in [0.05, 0.1) is 26.2 Å². The summed E-state index contributed by atoms with van der Waals surface area (Å²) in [6.45, 7) is 1.77. The molecule has 0 saturated carbocycles. The van der Waals surface area contributed by atoms with Gasteiger partial charge in [-0.3, -0.25) is 4.79 Å². The van der Waals surface area contributed by atoms with Crippen molar-refractivity contribution in [2.24, 2.45) is 0 Å². The van der Waals surface area contributed by atoms with Gasteiger partial charge in [-0.2, -0.15) is 0 Å². The summed E-state index contributed by atoms with van der Waals surface area (Å²) in [5.41, 5.74) is 1.68. The molecule has 5 heteroatoms. The number of carbonyl (C=O) groups excluding carboxylic acids is 2. The van der Waals surface area contributed by atoms with E-state index >= 15 is 0 Å². The average molecular weight is 211 g/mol. The zero-order chi connectivity index (χ0) is 11.4. The largest absolute Gasteiger partial charge is 0.469 e. The number of hydrogen-bond donors (Lipinski definition) is 1. The zero-order valence-electron chi connectivity index (χ0n) is 8.92. The molecule has 0 radical (unpaired) electrons. The lowest BCUT2D eigenvalue weighted by Gasteiger charge is -2.02. The van der Waals surface area contributed by atoms with E-state index in [4.69, 9.17) is 0 Å². The van der Waals surface area contributed by atoms with Crippen LogP contribution < -0.4 is 0 Å². The summed E-state index contributed by atoms with van der Waals surface area (Å²) in [4.78, 5) is 25.3. The zero-order valence-corrected chi connectivity index (χ0v) is 8.92. The molecule has 0 aliphatic rings. The molecule has 0 unspecified atom stereocenters. The molecule has 1 N–H and O–H groups in total. The minimum absolute atomic E-state index is 0.0365. The highest BCUT2D eigenvalue weighted by atomic mass is 16.5. The van der Waals surface area contributed by atoms with Gasteiger partial charge in [0.1, 0.15) is 0 Å². The molecule has 0 fully saturated rings. The van der Waals surface area contributed by atoms with Crippen molar-refractivity contribution in [2.45, 2.75) is 13.3 Å². The van der Waals surface area contributed by atoms with Gasteiger partial charge in [-0.05, 0) is 12.5 Å². The quantitative estimate of drug-likeness (QED) is 0.752. The van der Waals surface area contributed by atoms with Crippen LogP contribution in [0.15, 0.2) is 6.20 Å². The van der Waals surface area contributed by atoms with Crippen molar-refractivity contribution in [3.05, 3.63) is 23.0 Å². The van der Waals surface area contributed by atoms with Gasteiger partial charge in [0, 0.05) is 11.9 Å². The molecule has 1 heterocycles. The van der Waals surface area contributed by atoms with Gasteiger partial charge in [-0.25, -0.2) is 4.79 Å². The molecule has 0 amide bonds. The Bertz CT molecular complexity index is 381. The molecule has 0 bridgehead atoms. The Labute approximate surface area is 87.4 Å². The highest BCUT2D eigenvalue weighted by Gasteiger charge is 2.18. The molecular formula is C10H13NO4. The maximum Gasteiger partial charge on any atom is 0.339 e. The van der Waals surface area contributed by atoms with Gasteiger partial charge >= 0.3 is 11.9 Å². The molecule has 0 aliphatic carbocycles. The fourth-order valence-electron chi connectivity index (χ4n) is 1.32. The molecule has 0 atom stereocenters. The Morgan fingerprint density at radius 1 is 1.33 bits per heavy atom. The fourth-order valence-corrected chi connectivity index (χ4v) is 1.32. The summed E-state index contributed by atoms with van der Waals surface area (Å²) in [6.07, 6.45) is 1.69. The second-order valence-electron chi connectivity index (χ2n) is 3.07. The number of hydrogen-bond acceptors (Lipinski definition) is 4. The lowest BCUT2D eigenvalue weighted by Crippen LogP contribution is -2.11. The summed E-state index contributed by atoms with van der Waals surface area (Å²) in [7, 11) is 2.60. The number of carbonyl (C=O) groups is 2. The van der Waals surface area contributed by atoms with E-state index in [9.17, 15) is 9.59 Å². The highest BCUT2D eigenvalue weighted by molar-refractivity contribution is 5.93. The third kappa shape index (κ3) is 2.37. The van der Waals surface area contributed by atoms with E-state index in [1.54, 1.807) is 13.1 Å². The molecular weight excluding hydrogens is 198 g/mol. The normalized spacial score (nSPS) is 9.80. The van der Waals surface area contributed by atoms with E-state index in [1.165, 1.54) is 14.2 Å². The van der Waals surface area contributed by atoms with Crippen LogP contribution in [0.4, 0.5) is 0 Å². The summed E-state index contributed by atoms with van der Waals surface area (Å²) < 4.78 is 9.14. The Hall–Kier alpha value is -1.78. The minimum atomic E-state index is -0.451. The van der Waals surface area contributed by atoms with Crippen LogP contribution in [0, 0.1) is 6.92 Å². The number of H-pyrrole nitrogens is 1. The SMILES string of the molecule is COC(=O)Cc1[nH]cc(C)c1C(=O)OC. The van der Waals surface area contributed by atoms with Crippen LogP contribution in [0.1, 0.15) is 21.6 Å². The average Bonchev–Trinajstić information content (AvgIpc) is 2.58. The van der Waals surface area contributed by atoms with Crippen molar-refractivity contribution < 1.29 is 19.1 Å². The van der Waals surface area contributed by atoms with Crippen LogP contribution in [-0.2, 0) is 20.7 Å². The molecule has 5 nitrogen and oxygen atoms in total. The number of esters is 2. The summed E-state index contributed by atoms with van der Waals surface area (Å²) in [5.74, 6) is -0.852. The molecule has 0 aliphatic heterocycles. The number of ether oxygens (including phenoxy) is 2. The number of nitrogens with one attached hydrogen (secondary N) is 1. The minimum Gasteiger partial charge on any atom is -0.469 e. The summed E-state index contributed by atoms with van der Waals surface area (Å²) in [5, 5.41) is 0. The van der Waals surface area contributed by atoms with Crippen molar-refractivity contribution in [1.82, 2.24) is 4.98 Å². The van der Waals surface area contributed by atoms with E-state index in [2.05, 4.69) is 14.5 Å². The van der Waals surface area contributed by atoms with E-state index in [0.717, 1.165) is 5.56 Å². The topological polar surface area (TPSA) is 68.4 Å². The first-order valence-electron chi connectivity index (χ1n) is 4.42. The lowest BCUT2D eigenvalue weighted by molar-refractivity contribution is -0.139. The van der Waals surface area contributed by atoms with Gasteiger partial charge in [0.25, 0.3) is 0 Å². The smallest absolute Gasteiger partial charge is 0.339 e. The molecule has 1 aromatic rings. The molecule has 15 heavy (non-hydrogen) atoms. The van der Waals surface area contributed by atoms with Crippen LogP contribution in [0.5, 0.6) is 0 Å². The first kappa shape index (κ1) is 11.3. The summed E-state index contributed by atoms with van der Waals surface area (Å²) in [6, 6.07) is 0. The fraction of sp³-hybridized carbons (Fsp3) is 0.400. The van der Waals surface area contributed by atoms with Crippen LogP contribution in [0.2, 0.25) is 0 Å². The predicted molar refractivity (Wildman–Crippen MR) is 52.6 cm³/mol. The number of aromatic nitrogens is 1. The number of methoxy groups -OCH3 is 2. The van der Waals surface area contributed by atoms with E-state index in [-0.39, 0.29) is 6.42 Å². The summed E-state index contributed by atoms with van der Waals surface area (Å²) >= 11 is 0. The maximum atomic E-state index is 11.4. The second-order valence-corrected chi connectivity index (χ2v) is 3.07. The van der Waals surface area contributed by atoms with Gasteiger partial charge in [0.15, 0.2) is 0 Å². The maximum absolute atomic E-state index is 11.4. The Morgan fingerprint density at radius 2 is 2.00 bits per heavy atom. The van der Waals surface area contributed by atoms with Gasteiger partial charge in [0.2, 0.25) is 0 Å². The van der Waals surface area contributed by atoms with Crippen molar-refractivity contribution in [3.63, 3.8) is 0 Å². The van der Waals surface area contributed by atoms with Crippen molar-refractivity contribution >= 4 is 11.9 Å². The van der Waals surface area contributed by atoms with Crippen LogP contribution in [0.3, 0.4) is 0 Å². The lowest BCUT2D eigenvalue weighted by atomic mass is 10.1.